The molecule has 0 aliphatic heterocycles. The molecule has 0 amide bonds. The van der Waals surface area contributed by atoms with E-state index in [0.29, 0.717) is 6.61 Å². The molecule has 0 fully saturated rings. The average Bonchev–Trinajstić information content (AvgIpc) is 2.72. The Morgan fingerprint density at radius 2 is 2.35 bits per heavy atom. The van der Waals surface area contributed by atoms with Crippen LogP contribution in [0.4, 0.5) is 0 Å². The highest BCUT2D eigenvalue weighted by atomic mass is 32.2. The Bertz CT molecular complexity index is 484. The molecule has 17 heavy (non-hydrogen) atoms. The Morgan fingerprint density at radius 1 is 1.47 bits per heavy atom. The minimum Gasteiger partial charge on any atom is -0.494 e. The molecule has 0 spiro atoms. The number of aromatic amines is 1. The van der Waals surface area contributed by atoms with Crippen LogP contribution >= 0.6 is 24.4 Å². The van der Waals surface area contributed by atoms with Crippen LogP contribution in [0.2, 0.25) is 0 Å². The number of imidazole rings is 1. The molecule has 0 saturated heterocycles. The van der Waals surface area contributed by atoms with Crippen LogP contribution in [0.25, 0.3) is 11.0 Å². The first-order chi connectivity index (χ1) is 8.33. The van der Waals surface area contributed by atoms with Crippen LogP contribution in [0.5, 0.6) is 5.75 Å². The normalized spacial score (nSPS) is 10.9. The number of nitrogens with one attached hydrogen (secondary N) is 1. The summed E-state index contributed by atoms with van der Waals surface area (Å²) in [6.07, 6.45) is 1.09. The standard InChI is InChI=1S/C12H16N2OS2/c1-2-15-9-4-5-10-11(8-9)14-12(13-10)17-7-3-6-16/h4-5,8,16H,2-3,6-7H2,1H3,(H,13,14). The lowest BCUT2D eigenvalue weighted by Gasteiger charge is -2.00. The molecule has 1 N–H and O–H groups in total. The molecule has 5 heteroatoms. The summed E-state index contributed by atoms with van der Waals surface area (Å²) in [6.45, 7) is 2.67. The third-order valence-electron chi connectivity index (χ3n) is 2.28. The summed E-state index contributed by atoms with van der Waals surface area (Å²) < 4.78 is 5.46. The molecule has 1 heterocycles. The number of benzene rings is 1. The lowest BCUT2D eigenvalue weighted by Crippen LogP contribution is -1.90. The largest absolute Gasteiger partial charge is 0.494 e. The third-order valence-corrected chi connectivity index (χ3v) is 3.56. The molecule has 0 bridgehead atoms. The van der Waals surface area contributed by atoms with Crippen LogP contribution in [0.3, 0.4) is 0 Å². The lowest BCUT2D eigenvalue weighted by molar-refractivity contribution is 0.340. The van der Waals surface area contributed by atoms with Gasteiger partial charge in [-0.1, -0.05) is 11.8 Å². The van der Waals surface area contributed by atoms with Crippen LogP contribution < -0.4 is 4.74 Å². The van der Waals surface area contributed by atoms with Crippen molar-refractivity contribution in [3.05, 3.63) is 18.2 Å². The van der Waals surface area contributed by atoms with Gasteiger partial charge in [0.25, 0.3) is 0 Å². The number of hydrogen-bond acceptors (Lipinski definition) is 4. The Balaban J connectivity index is 2.12. The van der Waals surface area contributed by atoms with Gasteiger partial charge in [-0.25, -0.2) is 4.98 Å². The van der Waals surface area contributed by atoms with E-state index in [9.17, 15) is 0 Å². The third kappa shape index (κ3) is 3.33. The number of fused-ring (bicyclic) bond motifs is 1. The fraction of sp³-hybridized carbons (Fsp3) is 0.417. The fourth-order valence-corrected chi connectivity index (χ4v) is 2.72. The average molecular weight is 268 g/mol. The van der Waals surface area contributed by atoms with Crippen molar-refractivity contribution in [3.8, 4) is 5.75 Å². The Kier molecular flexibility index (Phi) is 4.62. The molecule has 2 rings (SSSR count). The van der Waals surface area contributed by atoms with Gasteiger partial charge >= 0.3 is 0 Å². The summed E-state index contributed by atoms with van der Waals surface area (Å²) in [7, 11) is 0. The first-order valence-electron chi connectivity index (χ1n) is 5.69. The van der Waals surface area contributed by atoms with Crippen molar-refractivity contribution in [3.63, 3.8) is 0 Å². The van der Waals surface area contributed by atoms with Crippen LogP contribution in [-0.2, 0) is 0 Å². The Morgan fingerprint density at radius 3 is 3.12 bits per heavy atom. The zero-order valence-corrected chi connectivity index (χ0v) is 11.5. The number of aromatic nitrogens is 2. The van der Waals surface area contributed by atoms with Crippen LogP contribution in [0.15, 0.2) is 23.4 Å². The topological polar surface area (TPSA) is 37.9 Å². The van der Waals surface area contributed by atoms with Crippen molar-refractivity contribution in [2.24, 2.45) is 0 Å². The van der Waals surface area contributed by atoms with Gasteiger partial charge in [0.15, 0.2) is 5.16 Å². The molecule has 0 aliphatic carbocycles. The highest BCUT2D eigenvalue weighted by Gasteiger charge is 2.04. The summed E-state index contributed by atoms with van der Waals surface area (Å²) in [5.74, 6) is 2.85. The molecule has 0 aliphatic rings. The Labute approximate surface area is 111 Å². The van der Waals surface area contributed by atoms with E-state index in [0.717, 1.165) is 39.9 Å². The van der Waals surface area contributed by atoms with E-state index < -0.39 is 0 Å². The number of hydrogen-bond donors (Lipinski definition) is 2. The van der Waals surface area contributed by atoms with E-state index >= 15 is 0 Å². The van der Waals surface area contributed by atoms with Gasteiger partial charge in [-0.15, -0.1) is 0 Å². The first-order valence-corrected chi connectivity index (χ1v) is 7.31. The van der Waals surface area contributed by atoms with Gasteiger partial charge in [-0.3, -0.25) is 0 Å². The van der Waals surface area contributed by atoms with Crippen molar-refractivity contribution in [1.29, 1.82) is 0 Å². The molecule has 2 aromatic rings. The molecule has 0 saturated carbocycles. The van der Waals surface area contributed by atoms with E-state index in [-0.39, 0.29) is 0 Å². The van der Waals surface area contributed by atoms with Gasteiger partial charge < -0.3 is 9.72 Å². The maximum atomic E-state index is 5.46. The van der Waals surface area contributed by atoms with Crippen LogP contribution in [-0.4, -0.2) is 28.1 Å². The molecule has 1 aromatic carbocycles. The quantitative estimate of drug-likeness (QED) is 0.479. The number of thiol groups is 1. The summed E-state index contributed by atoms with van der Waals surface area (Å²) in [5, 5.41) is 0.968. The SMILES string of the molecule is CCOc1ccc2nc(SCCCS)[nH]c2c1. The number of H-pyrrole nitrogens is 1. The summed E-state index contributed by atoms with van der Waals surface area (Å²) >= 11 is 5.93. The van der Waals surface area contributed by atoms with Gasteiger partial charge in [-0.2, -0.15) is 12.6 Å². The highest BCUT2D eigenvalue weighted by molar-refractivity contribution is 7.99. The van der Waals surface area contributed by atoms with Crippen molar-refractivity contribution >= 4 is 35.4 Å². The van der Waals surface area contributed by atoms with Crippen molar-refractivity contribution in [2.75, 3.05) is 18.1 Å². The zero-order valence-electron chi connectivity index (χ0n) is 9.77. The van der Waals surface area contributed by atoms with E-state index in [1.54, 1.807) is 11.8 Å². The number of ether oxygens (including phenoxy) is 1. The van der Waals surface area contributed by atoms with Gasteiger partial charge in [-0.05, 0) is 31.2 Å². The summed E-state index contributed by atoms with van der Waals surface area (Å²) in [4.78, 5) is 7.81. The van der Waals surface area contributed by atoms with E-state index in [1.807, 2.05) is 25.1 Å². The van der Waals surface area contributed by atoms with Gasteiger partial charge in [0, 0.05) is 11.8 Å². The molecule has 1 aromatic heterocycles. The number of nitrogens with zero attached hydrogens (tertiary/aromatic N) is 1. The van der Waals surface area contributed by atoms with Crippen molar-refractivity contribution < 1.29 is 4.74 Å². The number of thioether (sulfide) groups is 1. The molecule has 0 unspecified atom stereocenters. The Hall–Kier alpha value is -0.810. The molecule has 0 radical (unpaired) electrons. The van der Waals surface area contributed by atoms with E-state index in [4.69, 9.17) is 4.74 Å². The van der Waals surface area contributed by atoms with Crippen molar-refractivity contribution in [1.82, 2.24) is 9.97 Å². The molecule has 0 atom stereocenters. The second kappa shape index (κ2) is 6.21. The highest BCUT2D eigenvalue weighted by Crippen LogP contribution is 2.23. The van der Waals surface area contributed by atoms with Gasteiger partial charge in [0.05, 0.1) is 17.6 Å². The first kappa shape index (κ1) is 12.6. The van der Waals surface area contributed by atoms with Gasteiger partial charge in [0.1, 0.15) is 5.75 Å². The predicted molar refractivity (Wildman–Crippen MR) is 76.5 cm³/mol. The minimum atomic E-state index is 0.684. The van der Waals surface area contributed by atoms with Gasteiger partial charge in [0.2, 0.25) is 0 Å². The van der Waals surface area contributed by atoms with Crippen LogP contribution in [0.1, 0.15) is 13.3 Å². The predicted octanol–water partition coefficient (Wildman–Crippen LogP) is 3.37. The summed E-state index contributed by atoms with van der Waals surface area (Å²) in [6, 6.07) is 5.93. The zero-order chi connectivity index (χ0) is 12.1. The molecular formula is C12H16N2OS2. The maximum Gasteiger partial charge on any atom is 0.166 e. The molecule has 92 valence electrons. The minimum absolute atomic E-state index is 0.684. The van der Waals surface area contributed by atoms with E-state index in [1.165, 1.54) is 0 Å². The smallest absolute Gasteiger partial charge is 0.166 e. The van der Waals surface area contributed by atoms with E-state index in [2.05, 4.69) is 22.6 Å². The maximum absolute atomic E-state index is 5.46. The lowest BCUT2D eigenvalue weighted by atomic mass is 10.3. The molecule has 3 nitrogen and oxygen atoms in total. The van der Waals surface area contributed by atoms with Crippen LogP contribution in [0, 0.1) is 0 Å². The summed E-state index contributed by atoms with van der Waals surface area (Å²) in [5.41, 5.74) is 2.02. The monoisotopic (exact) mass is 268 g/mol. The fourth-order valence-electron chi connectivity index (χ4n) is 1.52. The second-order valence-electron chi connectivity index (χ2n) is 3.58. The second-order valence-corrected chi connectivity index (χ2v) is 5.11. The number of rotatable bonds is 6. The van der Waals surface area contributed by atoms with Crippen molar-refractivity contribution in [2.45, 2.75) is 18.5 Å². The molecular weight excluding hydrogens is 252 g/mol.